The molecule has 6 heteroatoms. The van der Waals surface area contributed by atoms with E-state index in [9.17, 15) is 0 Å². The summed E-state index contributed by atoms with van der Waals surface area (Å²) < 4.78 is 25.1. The summed E-state index contributed by atoms with van der Waals surface area (Å²) in [6, 6.07) is 0. The fourth-order valence-electron chi connectivity index (χ4n) is 2.83. The molecule has 25 heavy (non-hydrogen) atoms. The van der Waals surface area contributed by atoms with Crippen LogP contribution in [0.15, 0.2) is 0 Å². The standard InChI is InChI=1S/C19H44O4Si2/c1-9-13-20-24(7,21-14-10-2)18(5)17-19(6)25(8,22-15-11-3)23-16-12-4/h18-19H,9-17H2,1-8H3. The Morgan fingerprint density at radius 3 is 1.00 bits per heavy atom. The zero-order valence-corrected chi connectivity index (χ0v) is 20.2. The Balaban J connectivity index is 5.02. The Kier molecular flexibility index (Phi) is 13.6. The molecule has 0 amide bonds. The smallest absolute Gasteiger partial charge is 0.337 e. The fourth-order valence-corrected chi connectivity index (χ4v) is 8.37. The van der Waals surface area contributed by atoms with E-state index in [0.29, 0.717) is 11.1 Å². The van der Waals surface area contributed by atoms with Gasteiger partial charge in [0.1, 0.15) is 0 Å². The van der Waals surface area contributed by atoms with E-state index in [4.69, 9.17) is 17.7 Å². The maximum atomic E-state index is 6.27. The summed E-state index contributed by atoms with van der Waals surface area (Å²) in [7, 11) is -4.38. The SMILES string of the molecule is CCCO[Si](C)(OCCC)C(C)CC(C)[Si](C)(OCCC)OCCC. The van der Waals surface area contributed by atoms with Gasteiger partial charge in [-0.1, -0.05) is 41.5 Å². The Hall–Kier alpha value is 0.274. The number of hydrogen-bond acceptors (Lipinski definition) is 4. The molecule has 0 heterocycles. The summed E-state index contributed by atoms with van der Waals surface area (Å²) in [5, 5.41) is 0. The molecule has 0 fully saturated rings. The largest absolute Gasteiger partial charge is 0.394 e. The summed E-state index contributed by atoms with van der Waals surface area (Å²) in [6.07, 6.45) is 5.18. The molecule has 0 N–H and O–H groups in total. The topological polar surface area (TPSA) is 36.9 Å². The van der Waals surface area contributed by atoms with Crippen LogP contribution in [0.25, 0.3) is 0 Å². The van der Waals surface area contributed by atoms with E-state index in [-0.39, 0.29) is 0 Å². The van der Waals surface area contributed by atoms with Gasteiger partial charge in [-0.15, -0.1) is 0 Å². The summed E-state index contributed by atoms with van der Waals surface area (Å²) in [5.74, 6) is 0. The van der Waals surface area contributed by atoms with Crippen LogP contribution in [-0.4, -0.2) is 43.5 Å². The van der Waals surface area contributed by atoms with Crippen molar-refractivity contribution in [3.63, 3.8) is 0 Å². The second-order valence-electron chi connectivity index (χ2n) is 7.46. The third-order valence-electron chi connectivity index (χ3n) is 4.87. The zero-order chi connectivity index (χ0) is 19.3. The van der Waals surface area contributed by atoms with Crippen molar-refractivity contribution in [3.8, 4) is 0 Å². The highest BCUT2D eigenvalue weighted by Crippen LogP contribution is 2.38. The van der Waals surface area contributed by atoms with Crippen LogP contribution in [0.2, 0.25) is 24.2 Å². The van der Waals surface area contributed by atoms with Gasteiger partial charge in [-0.3, -0.25) is 0 Å². The Morgan fingerprint density at radius 2 is 0.800 bits per heavy atom. The lowest BCUT2D eigenvalue weighted by Crippen LogP contribution is -2.47. The van der Waals surface area contributed by atoms with Crippen LogP contribution in [0.1, 0.15) is 73.6 Å². The van der Waals surface area contributed by atoms with Gasteiger partial charge in [-0.05, 0) is 56.3 Å². The normalized spacial score (nSPS) is 15.4. The Morgan fingerprint density at radius 1 is 0.560 bits per heavy atom. The van der Waals surface area contributed by atoms with Crippen LogP contribution in [0, 0.1) is 0 Å². The molecule has 0 aliphatic rings. The van der Waals surface area contributed by atoms with Gasteiger partial charge in [0.05, 0.1) is 0 Å². The van der Waals surface area contributed by atoms with Crippen LogP contribution in [0.4, 0.5) is 0 Å². The summed E-state index contributed by atoms with van der Waals surface area (Å²) in [4.78, 5) is 0. The van der Waals surface area contributed by atoms with Crippen molar-refractivity contribution in [1.29, 1.82) is 0 Å². The molecular weight excluding hydrogens is 348 g/mol. The molecule has 4 nitrogen and oxygen atoms in total. The predicted molar refractivity (Wildman–Crippen MR) is 112 cm³/mol. The molecule has 2 atom stereocenters. The van der Waals surface area contributed by atoms with Gasteiger partial charge in [-0.2, -0.15) is 0 Å². The van der Waals surface area contributed by atoms with Crippen LogP contribution in [0.3, 0.4) is 0 Å². The van der Waals surface area contributed by atoms with E-state index in [1.807, 2.05) is 0 Å². The second-order valence-corrected chi connectivity index (χ2v) is 14.7. The first-order valence-corrected chi connectivity index (χ1v) is 15.1. The molecule has 0 aromatic heterocycles. The highest BCUT2D eigenvalue weighted by atomic mass is 28.4. The van der Waals surface area contributed by atoms with Crippen molar-refractivity contribution < 1.29 is 17.7 Å². The molecule has 0 aliphatic heterocycles. The summed E-state index contributed by atoms with van der Waals surface area (Å²) in [6.45, 7) is 20.8. The second kappa shape index (κ2) is 13.4. The first kappa shape index (κ1) is 25.3. The summed E-state index contributed by atoms with van der Waals surface area (Å²) in [5.41, 5.74) is 0.839. The molecule has 0 radical (unpaired) electrons. The van der Waals surface area contributed by atoms with Crippen molar-refractivity contribution in [2.24, 2.45) is 0 Å². The lowest BCUT2D eigenvalue weighted by molar-refractivity contribution is 0.153. The van der Waals surface area contributed by atoms with E-state index in [2.05, 4.69) is 54.6 Å². The monoisotopic (exact) mass is 392 g/mol. The first-order valence-electron chi connectivity index (χ1n) is 10.3. The maximum Gasteiger partial charge on any atom is 0.337 e. The molecular formula is C19H44O4Si2. The molecule has 2 unspecified atom stereocenters. The van der Waals surface area contributed by atoms with Gasteiger partial charge in [0.25, 0.3) is 0 Å². The molecule has 0 aromatic rings. The van der Waals surface area contributed by atoms with Gasteiger partial charge in [0.2, 0.25) is 0 Å². The predicted octanol–water partition coefficient (Wildman–Crippen LogP) is 6.01. The van der Waals surface area contributed by atoms with E-state index in [1.54, 1.807) is 0 Å². The maximum absolute atomic E-state index is 6.27. The molecule has 152 valence electrons. The van der Waals surface area contributed by atoms with Crippen molar-refractivity contribution in [1.82, 2.24) is 0 Å². The van der Waals surface area contributed by atoms with Crippen LogP contribution < -0.4 is 0 Å². The highest BCUT2D eigenvalue weighted by molar-refractivity contribution is 6.69. The van der Waals surface area contributed by atoms with E-state index < -0.39 is 17.1 Å². The number of hydrogen-bond donors (Lipinski definition) is 0. The van der Waals surface area contributed by atoms with E-state index in [0.717, 1.165) is 58.5 Å². The summed E-state index contributed by atoms with van der Waals surface area (Å²) >= 11 is 0. The third kappa shape index (κ3) is 9.15. The van der Waals surface area contributed by atoms with Crippen molar-refractivity contribution in [2.45, 2.75) is 97.8 Å². The minimum absolute atomic E-state index is 0.419. The van der Waals surface area contributed by atoms with Gasteiger partial charge >= 0.3 is 17.1 Å². The molecule has 0 aliphatic carbocycles. The van der Waals surface area contributed by atoms with E-state index >= 15 is 0 Å². The fraction of sp³-hybridized carbons (Fsp3) is 1.00. The molecule has 0 saturated heterocycles. The van der Waals surface area contributed by atoms with Crippen LogP contribution >= 0.6 is 0 Å². The molecule has 0 spiro atoms. The van der Waals surface area contributed by atoms with Gasteiger partial charge in [0.15, 0.2) is 0 Å². The zero-order valence-electron chi connectivity index (χ0n) is 18.2. The lowest BCUT2D eigenvalue weighted by atomic mass is 10.2. The minimum Gasteiger partial charge on any atom is -0.394 e. The van der Waals surface area contributed by atoms with Gasteiger partial charge in [-0.25, -0.2) is 0 Å². The Bertz CT molecular complexity index is 283. The van der Waals surface area contributed by atoms with Crippen LogP contribution in [0.5, 0.6) is 0 Å². The minimum atomic E-state index is -2.19. The van der Waals surface area contributed by atoms with Gasteiger partial charge < -0.3 is 17.7 Å². The van der Waals surface area contributed by atoms with Crippen LogP contribution in [-0.2, 0) is 17.7 Å². The Labute approximate surface area is 159 Å². The van der Waals surface area contributed by atoms with Crippen molar-refractivity contribution in [2.75, 3.05) is 26.4 Å². The quantitative estimate of drug-likeness (QED) is 0.301. The van der Waals surface area contributed by atoms with Gasteiger partial charge in [0, 0.05) is 26.4 Å². The molecule has 0 bridgehead atoms. The molecule has 0 aromatic carbocycles. The van der Waals surface area contributed by atoms with Crippen molar-refractivity contribution >= 4 is 17.1 Å². The molecule has 0 saturated carbocycles. The molecule has 0 rings (SSSR count). The van der Waals surface area contributed by atoms with E-state index in [1.165, 1.54) is 0 Å². The average Bonchev–Trinajstić information content (AvgIpc) is 2.61. The van der Waals surface area contributed by atoms with Crippen molar-refractivity contribution in [3.05, 3.63) is 0 Å². The number of rotatable bonds is 16. The average molecular weight is 393 g/mol. The lowest BCUT2D eigenvalue weighted by Gasteiger charge is -2.38. The third-order valence-corrected chi connectivity index (χ3v) is 12.0. The highest BCUT2D eigenvalue weighted by Gasteiger charge is 2.44. The first-order chi connectivity index (χ1) is 11.8.